The maximum Gasteiger partial charge on any atom is 1.00 e. The summed E-state index contributed by atoms with van der Waals surface area (Å²) >= 11 is 0. The minimum Gasteiger partial charge on any atom is -0.870 e. The summed E-state index contributed by atoms with van der Waals surface area (Å²) in [6.07, 6.45) is 2.58. The third-order valence-electron chi connectivity index (χ3n) is 5.16. The SMILES string of the molecule is CCC(=O)CCc1c(C)c(O)c(C)c(C)c1OCCCC(C)(C)C(=O)O.[K+].[OH-]. The van der Waals surface area contributed by atoms with E-state index in [0.717, 1.165) is 28.0 Å². The molecule has 1 rings (SSSR count). The number of carbonyl (C=O) groups excluding carboxylic acids is 1. The maximum atomic E-state index is 11.7. The summed E-state index contributed by atoms with van der Waals surface area (Å²) in [6, 6.07) is 0. The summed E-state index contributed by atoms with van der Waals surface area (Å²) < 4.78 is 6.01. The molecule has 0 fully saturated rings. The smallest absolute Gasteiger partial charge is 0.870 e. The molecule has 0 saturated carbocycles. The monoisotopic (exact) mass is 420 g/mol. The Kier molecular flexibility index (Phi) is 13.8. The summed E-state index contributed by atoms with van der Waals surface area (Å²) in [5.41, 5.74) is 2.47. The number of Topliss-reactive ketones (excluding diaryl/α,β-unsaturated/α-hetero) is 1. The molecule has 7 heteroatoms. The molecule has 0 aliphatic carbocycles. The Bertz CT molecular complexity index is 682. The second-order valence-electron chi connectivity index (χ2n) is 7.56. The molecule has 0 spiro atoms. The largest absolute Gasteiger partial charge is 1.00 e. The standard InChI is InChI=1S/C21H32O5.K.H2O/c1-7-16(22)9-10-17-15(4)18(23)13(2)14(3)19(17)26-12-8-11-21(5,6)20(24)25;;/h23H,7-12H2,1-6H3,(H,24,25);;1H2/q;+1;/p-1. The third kappa shape index (κ3) is 7.76. The van der Waals surface area contributed by atoms with Crippen LogP contribution in [0.4, 0.5) is 0 Å². The van der Waals surface area contributed by atoms with Crippen molar-refractivity contribution in [3.05, 3.63) is 22.3 Å². The minimum absolute atomic E-state index is 0. The summed E-state index contributed by atoms with van der Waals surface area (Å²) in [5.74, 6) is 0.329. The first-order valence-corrected chi connectivity index (χ1v) is 9.22. The van der Waals surface area contributed by atoms with Crippen molar-refractivity contribution < 1.29 is 81.4 Å². The van der Waals surface area contributed by atoms with Crippen molar-refractivity contribution in [2.45, 2.75) is 73.6 Å². The van der Waals surface area contributed by atoms with Gasteiger partial charge in [0.1, 0.15) is 17.3 Å². The zero-order valence-electron chi connectivity index (χ0n) is 18.3. The topological polar surface area (TPSA) is 114 Å². The normalized spacial score (nSPS) is 10.6. The van der Waals surface area contributed by atoms with Gasteiger partial charge in [0.05, 0.1) is 12.0 Å². The predicted octanol–water partition coefficient (Wildman–Crippen LogP) is 1.33. The molecule has 0 aliphatic rings. The van der Waals surface area contributed by atoms with Gasteiger partial charge < -0.3 is 20.4 Å². The van der Waals surface area contributed by atoms with Crippen molar-refractivity contribution in [3.8, 4) is 11.5 Å². The van der Waals surface area contributed by atoms with Gasteiger partial charge in [0.25, 0.3) is 0 Å². The summed E-state index contributed by atoms with van der Waals surface area (Å²) in [5, 5.41) is 19.5. The van der Waals surface area contributed by atoms with E-state index in [1.807, 2.05) is 27.7 Å². The number of phenols is 1. The van der Waals surface area contributed by atoms with Gasteiger partial charge in [-0.3, -0.25) is 9.59 Å². The van der Waals surface area contributed by atoms with Crippen molar-refractivity contribution in [3.63, 3.8) is 0 Å². The zero-order chi connectivity index (χ0) is 20.1. The number of carboxylic acids is 1. The number of phenolic OH excluding ortho intramolecular Hbond substituents is 1. The first-order chi connectivity index (χ1) is 12.0. The van der Waals surface area contributed by atoms with E-state index in [1.165, 1.54) is 0 Å². The van der Waals surface area contributed by atoms with E-state index in [1.54, 1.807) is 13.8 Å². The van der Waals surface area contributed by atoms with Crippen LogP contribution in [-0.2, 0) is 16.0 Å². The predicted molar refractivity (Wildman–Crippen MR) is 104 cm³/mol. The minimum atomic E-state index is -0.816. The average Bonchev–Trinajstić information content (AvgIpc) is 2.59. The number of hydrogen-bond acceptors (Lipinski definition) is 5. The van der Waals surface area contributed by atoms with E-state index in [-0.39, 0.29) is 68.4 Å². The number of carbonyl (C=O) groups is 2. The van der Waals surface area contributed by atoms with Crippen LogP contribution in [0, 0.1) is 26.2 Å². The number of aromatic hydroxyl groups is 1. The van der Waals surface area contributed by atoms with Crippen LogP contribution in [0.3, 0.4) is 0 Å². The van der Waals surface area contributed by atoms with Gasteiger partial charge in [0.15, 0.2) is 0 Å². The molecule has 0 aromatic heterocycles. The molecule has 1 aromatic carbocycles. The number of benzene rings is 1. The van der Waals surface area contributed by atoms with Crippen molar-refractivity contribution in [2.24, 2.45) is 5.41 Å². The molecule has 1 aromatic rings. The molecule has 0 bridgehead atoms. The van der Waals surface area contributed by atoms with Crippen LogP contribution < -0.4 is 56.1 Å². The molecule has 0 saturated heterocycles. The third-order valence-corrected chi connectivity index (χ3v) is 5.16. The number of ketones is 1. The van der Waals surface area contributed by atoms with Gasteiger partial charge >= 0.3 is 57.4 Å². The van der Waals surface area contributed by atoms with E-state index in [2.05, 4.69) is 0 Å². The molecular weight excluding hydrogens is 387 g/mol. The molecule has 0 atom stereocenters. The van der Waals surface area contributed by atoms with Gasteiger partial charge in [-0.1, -0.05) is 6.92 Å². The van der Waals surface area contributed by atoms with Crippen LogP contribution in [-0.4, -0.2) is 34.0 Å². The van der Waals surface area contributed by atoms with E-state index in [0.29, 0.717) is 38.7 Å². The second kappa shape index (κ2) is 13.0. The number of aliphatic carboxylic acids is 1. The van der Waals surface area contributed by atoms with Gasteiger partial charge in [0, 0.05) is 18.4 Å². The Morgan fingerprint density at radius 2 is 1.64 bits per heavy atom. The van der Waals surface area contributed by atoms with Crippen molar-refractivity contribution in [1.82, 2.24) is 0 Å². The molecular formula is C21H33KO6. The van der Waals surface area contributed by atoms with Gasteiger partial charge in [0.2, 0.25) is 0 Å². The molecule has 0 radical (unpaired) electrons. The van der Waals surface area contributed by atoms with Crippen LogP contribution in [0.15, 0.2) is 0 Å². The van der Waals surface area contributed by atoms with E-state index < -0.39 is 11.4 Å². The fourth-order valence-electron chi connectivity index (χ4n) is 2.90. The van der Waals surface area contributed by atoms with Gasteiger partial charge in [-0.05, 0) is 70.6 Å². The quantitative estimate of drug-likeness (QED) is 0.436. The summed E-state index contributed by atoms with van der Waals surface area (Å²) in [6.45, 7) is 11.2. The fraction of sp³-hybridized carbons (Fsp3) is 0.619. The first kappa shape index (κ1) is 29.8. The molecule has 0 amide bonds. The Morgan fingerprint density at radius 3 is 2.14 bits per heavy atom. The zero-order valence-corrected chi connectivity index (χ0v) is 21.4. The van der Waals surface area contributed by atoms with Crippen LogP contribution in [0.2, 0.25) is 0 Å². The van der Waals surface area contributed by atoms with Gasteiger partial charge in [-0.15, -0.1) is 0 Å². The number of ether oxygens (including phenoxy) is 1. The second-order valence-corrected chi connectivity index (χ2v) is 7.56. The molecule has 6 nitrogen and oxygen atoms in total. The summed E-state index contributed by atoms with van der Waals surface area (Å²) in [4.78, 5) is 22.9. The number of rotatable bonds is 10. The Morgan fingerprint density at radius 1 is 1.07 bits per heavy atom. The molecule has 28 heavy (non-hydrogen) atoms. The van der Waals surface area contributed by atoms with Crippen LogP contribution in [0.25, 0.3) is 0 Å². The van der Waals surface area contributed by atoms with Gasteiger partial charge in [-0.2, -0.15) is 0 Å². The van der Waals surface area contributed by atoms with E-state index in [4.69, 9.17) is 4.74 Å². The average molecular weight is 421 g/mol. The van der Waals surface area contributed by atoms with Crippen LogP contribution in [0.5, 0.6) is 11.5 Å². The van der Waals surface area contributed by atoms with Crippen molar-refractivity contribution in [2.75, 3.05) is 6.61 Å². The number of carboxylic acid groups (broad SMARTS) is 1. The fourth-order valence-corrected chi connectivity index (χ4v) is 2.90. The van der Waals surface area contributed by atoms with E-state index >= 15 is 0 Å². The molecule has 0 heterocycles. The first-order valence-electron chi connectivity index (χ1n) is 9.22. The van der Waals surface area contributed by atoms with Gasteiger partial charge in [-0.25, -0.2) is 0 Å². The Labute approximate surface area is 210 Å². The molecule has 154 valence electrons. The molecule has 0 unspecified atom stereocenters. The molecule has 3 N–H and O–H groups in total. The Hall–Kier alpha value is -0.444. The van der Waals surface area contributed by atoms with E-state index in [9.17, 15) is 19.8 Å². The molecule has 0 aliphatic heterocycles. The van der Waals surface area contributed by atoms with Crippen molar-refractivity contribution >= 4 is 11.8 Å². The maximum absolute atomic E-state index is 11.7. The number of hydrogen-bond donors (Lipinski definition) is 2. The summed E-state index contributed by atoms with van der Waals surface area (Å²) in [7, 11) is 0. The van der Waals surface area contributed by atoms with Crippen molar-refractivity contribution in [1.29, 1.82) is 0 Å². The van der Waals surface area contributed by atoms with Crippen LogP contribution in [0.1, 0.15) is 68.7 Å². The van der Waals surface area contributed by atoms with Crippen LogP contribution >= 0.6 is 0 Å². The Balaban J connectivity index is 0.